The lowest BCUT2D eigenvalue weighted by atomic mass is 10.0. The van der Waals surface area contributed by atoms with E-state index < -0.39 is 0 Å². The summed E-state index contributed by atoms with van der Waals surface area (Å²) in [7, 11) is 0. The second-order valence-electron chi connectivity index (χ2n) is 4.89. The lowest BCUT2D eigenvalue weighted by Gasteiger charge is -2.20. The van der Waals surface area contributed by atoms with E-state index in [1.54, 1.807) is 6.20 Å². The molecule has 0 aliphatic rings. The van der Waals surface area contributed by atoms with Gasteiger partial charge in [0.05, 0.1) is 11.7 Å². The van der Waals surface area contributed by atoms with Crippen molar-refractivity contribution in [1.29, 1.82) is 0 Å². The minimum absolute atomic E-state index is 0.0559. The van der Waals surface area contributed by atoms with Crippen molar-refractivity contribution < 1.29 is 0 Å². The summed E-state index contributed by atoms with van der Waals surface area (Å²) >= 11 is 11.9. The smallest absolute Gasteiger partial charge is 0.0940 e. The monoisotopic (exact) mass is 328 g/mol. The normalized spacial score (nSPS) is 11.9. The average Bonchev–Trinajstić information content (AvgIpc) is 2.56. The second kappa shape index (κ2) is 6.82. The van der Waals surface area contributed by atoms with E-state index in [0.29, 0.717) is 5.02 Å². The highest BCUT2D eigenvalue weighted by atomic mass is 35.5. The minimum Gasteiger partial charge on any atom is -0.373 e. The molecule has 0 aliphatic heterocycles. The Kier molecular flexibility index (Phi) is 4.62. The van der Waals surface area contributed by atoms with Gasteiger partial charge in [-0.25, -0.2) is 0 Å². The summed E-state index contributed by atoms with van der Waals surface area (Å²) < 4.78 is 0. The molecule has 1 unspecified atom stereocenters. The molecule has 110 valence electrons. The van der Waals surface area contributed by atoms with Crippen LogP contribution >= 0.6 is 23.2 Å². The lowest BCUT2D eigenvalue weighted by molar-refractivity contribution is 0.887. The van der Waals surface area contributed by atoms with Crippen LogP contribution in [0.25, 0.3) is 0 Å². The first-order valence-corrected chi connectivity index (χ1v) is 7.66. The minimum atomic E-state index is -0.0559. The molecule has 3 aromatic rings. The summed E-state index contributed by atoms with van der Waals surface area (Å²) in [5.41, 5.74) is 3.02. The first kappa shape index (κ1) is 14.9. The Morgan fingerprint density at radius 1 is 0.773 bits per heavy atom. The summed E-state index contributed by atoms with van der Waals surface area (Å²) in [5.74, 6) is 0. The van der Waals surface area contributed by atoms with Crippen LogP contribution in [0.2, 0.25) is 10.0 Å². The van der Waals surface area contributed by atoms with Crippen LogP contribution in [-0.2, 0) is 0 Å². The van der Waals surface area contributed by atoms with Crippen LogP contribution in [-0.4, -0.2) is 4.98 Å². The van der Waals surface area contributed by atoms with E-state index in [0.717, 1.165) is 22.0 Å². The van der Waals surface area contributed by atoms with Gasteiger partial charge in [-0.05, 0) is 54.1 Å². The van der Waals surface area contributed by atoms with Crippen molar-refractivity contribution in [3.05, 3.63) is 94.2 Å². The highest BCUT2D eigenvalue weighted by Crippen LogP contribution is 2.27. The van der Waals surface area contributed by atoms with Crippen LogP contribution in [0.4, 0.5) is 5.69 Å². The van der Waals surface area contributed by atoms with Gasteiger partial charge in [-0.1, -0.05) is 41.4 Å². The fourth-order valence-corrected chi connectivity index (χ4v) is 2.49. The van der Waals surface area contributed by atoms with Crippen LogP contribution in [0.15, 0.2) is 72.9 Å². The number of hydrogen-bond donors (Lipinski definition) is 1. The number of pyridine rings is 1. The summed E-state index contributed by atoms with van der Waals surface area (Å²) in [4.78, 5) is 4.47. The maximum absolute atomic E-state index is 5.99. The molecule has 1 N–H and O–H groups in total. The molecule has 0 aliphatic carbocycles. The van der Waals surface area contributed by atoms with Crippen LogP contribution in [0.1, 0.15) is 17.3 Å². The Labute approximate surface area is 139 Å². The van der Waals surface area contributed by atoms with Crippen LogP contribution < -0.4 is 5.32 Å². The molecule has 0 fully saturated rings. The molecule has 2 nitrogen and oxygen atoms in total. The third-order valence-corrected chi connectivity index (χ3v) is 3.85. The molecule has 0 saturated heterocycles. The van der Waals surface area contributed by atoms with Crippen molar-refractivity contribution in [3.63, 3.8) is 0 Å². The van der Waals surface area contributed by atoms with Crippen molar-refractivity contribution in [1.82, 2.24) is 4.98 Å². The fourth-order valence-electron chi connectivity index (χ4n) is 2.24. The molecule has 1 aromatic heterocycles. The van der Waals surface area contributed by atoms with Gasteiger partial charge in [-0.2, -0.15) is 0 Å². The Bertz CT molecular complexity index is 725. The number of halogens is 2. The maximum Gasteiger partial charge on any atom is 0.0940 e. The molecular formula is C18H14Cl2N2. The molecular weight excluding hydrogens is 315 g/mol. The van der Waals surface area contributed by atoms with Gasteiger partial charge in [0, 0.05) is 21.9 Å². The van der Waals surface area contributed by atoms with Gasteiger partial charge < -0.3 is 5.32 Å². The van der Waals surface area contributed by atoms with E-state index in [-0.39, 0.29) is 6.04 Å². The third kappa shape index (κ3) is 3.59. The summed E-state index contributed by atoms with van der Waals surface area (Å²) in [6.45, 7) is 0. The Morgan fingerprint density at radius 3 is 2.00 bits per heavy atom. The topological polar surface area (TPSA) is 24.9 Å². The molecule has 0 amide bonds. The van der Waals surface area contributed by atoms with Gasteiger partial charge in [0.1, 0.15) is 0 Å². The third-order valence-electron chi connectivity index (χ3n) is 3.34. The maximum atomic E-state index is 5.99. The SMILES string of the molecule is Clc1ccc(NC(c2ccc(Cl)cc2)c2ccccn2)cc1. The summed E-state index contributed by atoms with van der Waals surface area (Å²) in [5, 5.41) is 4.93. The van der Waals surface area contributed by atoms with E-state index in [9.17, 15) is 0 Å². The van der Waals surface area contributed by atoms with Gasteiger partial charge in [-0.15, -0.1) is 0 Å². The predicted octanol–water partition coefficient (Wildman–Crippen LogP) is 5.59. The molecule has 3 rings (SSSR count). The summed E-state index contributed by atoms with van der Waals surface area (Å²) in [6, 6.07) is 21.2. The molecule has 1 atom stereocenters. The number of aromatic nitrogens is 1. The number of rotatable bonds is 4. The van der Waals surface area contributed by atoms with Gasteiger partial charge in [0.15, 0.2) is 0 Å². The number of nitrogens with zero attached hydrogens (tertiary/aromatic N) is 1. The Balaban J connectivity index is 1.96. The van der Waals surface area contributed by atoms with Crippen molar-refractivity contribution in [3.8, 4) is 0 Å². The van der Waals surface area contributed by atoms with Gasteiger partial charge >= 0.3 is 0 Å². The van der Waals surface area contributed by atoms with E-state index in [4.69, 9.17) is 23.2 Å². The highest BCUT2D eigenvalue weighted by molar-refractivity contribution is 6.30. The van der Waals surface area contributed by atoms with E-state index in [1.807, 2.05) is 66.7 Å². The lowest BCUT2D eigenvalue weighted by Crippen LogP contribution is -2.13. The standard InChI is InChI=1S/C18H14Cl2N2/c19-14-6-4-13(5-7-14)18(17-3-1-2-12-21-17)22-16-10-8-15(20)9-11-16/h1-12,18,22H. The molecule has 0 saturated carbocycles. The number of benzene rings is 2. The first-order valence-electron chi connectivity index (χ1n) is 6.91. The highest BCUT2D eigenvalue weighted by Gasteiger charge is 2.15. The zero-order valence-electron chi connectivity index (χ0n) is 11.7. The van der Waals surface area contributed by atoms with Crippen LogP contribution in [0, 0.1) is 0 Å². The Morgan fingerprint density at radius 2 is 1.41 bits per heavy atom. The molecule has 0 radical (unpaired) electrons. The predicted molar refractivity (Wildman–Crippen MR) is 92.6 cm³/mol. The largest absolute Gasteiger partial charge is 0.373 e. The van der Waals surface area contributed by atoms with Crippen LogP contribution in [0.5, 0.6) is 0 Å². The van der Waals surface area contributed by atoms with Gasteiger partial charge in [0.25, 0.3) is 0 Å². The molecule has 0 bridgehead atoms. The quantitative estimate of drug-likeness (QED) is 0.675. The van der Waals surface area contributed by atoms with E-state index >= 15 is 0 Å². The zero-order valence-corrected chi connectivity index (χ0v) is 13.2. The average molecular weight is 329 g/mol. The molecule has 1 heterocycles. The van der Waals surface area contributed by atoms with Crippen molar-refractivity contribution >= 4 is 28.9 Å². The first-order chi connectivity index (χ1) is 10.7. The number of hydrogen-bond acceptors (Lipinski definition) is 2. The zero-order chi connectivity index (χ0) is 15.4. The second-order valence-corrected chi connectivity index (χ2v) is 5.76. The number of anilines is 1. The van der Waals surface area contributed by atoms with Crippen molar-refractivity contribution in [2.24, 2.45) is 0 Å². The van der Waals surface area contributed by atoms with Crippen molar-refractivity contribution in [2.45, 2.75) is 6.04 Å². The summed E-state index contributed by atoms with van der Waals surface area (Å²) in [6.07, 6.45) is 1.79. The molecule has 2 aromatic carbocycles. The van der Waals surface area contributed by atoms with Gasteiger partial charge in [-0.3, -0.25) is 4.98 Å². The van der Waals surface area contributed by atoms with Gasteiger partial charge in [0.2, 0.25) is 0 Å². The number of nitrogens with one attached hydrogen (secondary N) is 1. The van der Waals surface area contributed by atoms with E-state index in [1.165, 1.54) is 0 Å². The Hall–Kier alpha value is -2.03. The van der Waals surface area contributed by atoms with E-state index in [2.05, 4.69) is 10.3 Å². The van der Waals surface area contributed by atoms with Crippen LogP contribution in [0.3, 0.4) is 0 Å². The molecule has 22 heavy (non-hydrogen) atoms. The fraction of sp³-hybridized carbons (Fsp3) is 0.0556. The van der Waals surface area contributed by atoms with Crippen molar-refractivity contribution in [2.75, 3.05) is 5.32 Å². The molecule has 4 heteroatoms. The molecule has 0 spiro atoms.